The van der Waals surface area contributed by atoms with E-state index >= 15 is 0 Å². The predicted molar refractivity (Wildman–Crippen MR) is 135 cm³/mol. The Morgan fingerprint density at radius 3 is 2.47 bits per heavy atom. The van der Waals surface area contributed by atoms with E-state index < -0.39 is 0 Å². The molecule has 32 heavy (non-hydrogen) atoms. The Hall–Kier alpha value is -2.51. The Kier molecular flexibility index (Phi) is 9.00. The van der Waals surface area contributed by atoms with E-state index in [1.165, 1.54) is 17.3 Å². The summed E-state index contributed by atoms with van der Waals surface area (Å²) in [4.78, 5) is 12.5. The highest BCUT2D eigenvalue weighted by atomic mass is 32.2. The third-order valence-electron chi connectivity index (χ3n) is 5.07. The van der Waals surface area contributed by atoms with Crippen molar-refractivity contribution in [2.24, 2.45) is 0 Å². The van der Waals surface area contributed by atoms with Gasteiger partial charge in [-0.1, -0.05) is 62.1 Å². The van der Waals surface area contributed by atoms with Gasteiger partial charge in [-0.05, 0) is 54.7 Å². The second-order valence-corrected chi connectivity index (χ2v) is 9.11. The number of ether oxygens (including phenoxy) is 3. The van der Waals surface area contributed by atoms with Crippen molar-refractivity contribution < 1.29 is 19.0 Å². The molecule has 1 atom stereocenters. The molecule has 5 nitrogen and oxygen atoms in total. The van der Waals surface area contributed by atoms with Gasteiger partial charge in [0.2, 0.25) is 0 Å². The highest BCUT2D eigenvalue weighted by Gasteiger charge is 2.22. The second-order valence-electron chi connectivity index (χ2n) is 7.39. The number of benzene rings is 2. The molecule has 2 aromatic carbocycles. The molecule has 0 bridgehead atoms. The number of nitrogens with one attached hydrogen (secondary N) is 1. The minimum Gasteiger partial charge on any atom is -0.493 e. The van der Waals surface area contributed by atoms with Crippen LogP contribution in [0, 0.1) is 0 Å². The first-order valence-electron chi connectivity index (χ1n) is 10.9. The van der Waals surface area contributed by atoms with Gasteiger partial charge in [0.25, 0.3) is 5.91 Å². The molecule has 2 aromatic rings. The monoisotopic (exact) mass is 471 g/mol. The van der Waals surface area contributed by atoms with Crippen LogP contribution < -0.4 is 19.5 Å². The first-order chi connectivity index (χ1) is 15.5. The van der Waals surface area contributed by atoms with Gasteiger partial charge in [0, 0.05) is 6.42 Å². The van der Waals surface area contributed by atoms with E-state index in [0.29, 0.717) is 46.5 Å². The quantitative estimate of drug-likeness (QED) is 0.249. The van der Waals surface area contributed by atoms with Crippen molar-refractivity contribution >= 4 is 40.3 Å². The molecule has 7 heteroatoms. The van der Waals surface area contributed by atoms with Crippen LogP contribution in [0.5, 0.6) is 17.2 Å². The zero-order chi connectivity index (χ0) is 22.9. The Morgan fingerprint density at radius 2 is 1.78 bits per heavy atom. The zero-order valence-electron chi connectivity index (χ0n) is 18.7. The van der Waals surface area contributed by atoms with E-state index in [1.54, 1.807) is 6.08 Å². The number of carbonyl (C=O) groups excluding carboxylic acids is 1. The molecule has 3 rings (SSSR count). The van der Waals surface area contributed by atoms with Crippen molar-refractivity contribution in [3.63, 3.8) is 0 Å². The topological polar surface area (TPSA) is 56.8 Å². The summed E-state index contributed by atoms with van der Waals surface area (Å²) in [7, 11) is 0. The van der Waals surface area contributed by atoms with Gasteiger partial charge in [-0.2, -0.15) is 0 Å². The molecule has 1 unspecified atom stereocenters. The van der Waals surface area contributed by atoms with Crippen molar-refractivity contribution in [1.29, 1.82) is 0 Å². The van der Waals surface area contributed by atoms with Crippen LogP contribution in [-0.4, -0.2) is 30.0 Å². The highest BCUT2D eigenvalue weighted by Crippen LogP contribution is 2.32. The van der Waals surface area contributed by atoms with Gasteiger partial charge in [0.15, 0.2) is 11.5 Å². The molecule has 1 heterocycles. The fourth-order valence-corrected chi connectivity index (χ4v) is 4.28. The van der Waals surface area contributed by atoms with Crippen LogP contribution in [0.1, 0.15) is 50.7 Å². The normalized spacial score (nSPS) is 15.5. The smallest absolute Gasteiger partial charge is 0.263 e. The summed E-state index contributed by atoms with van der Waals surface area (Å²) < 4.78 is 18.2. The Labute approximate surface area is 199 Å². The lowest BCUT2D eigenvalue weighted by Crippen LogP contribution is -2.17. The van der Waals surface area contributed by atoms with E-state index in [2.05, 4.69) is 31.3 Å². The summed E-state index contributed by atoms with van der Waals surface area (Å²) >= 11 is 6.30. The van der Waals surface area contributed by atoms with Gasteiger partial charge in [0.1, 0.15) is 10.1 Å². The van der Waals surface area contributed by atoms with Crippen molar-refractivity contribution in [1.82, 2.24) is 5.32 Å². The minimum atomic E-state index is -0.173. The fourth-order valence-electron chi connectivity index (χ4n) is 3.24. The average molecular weight is 472 g/mol. The molecule has 1 aliphatic heterocycles. The maximum atomic E-state index is 11.9. The molecule has 0 saturated carbocycles. The van der Waals surface area contributed by atoms with Gasteiger partial charge in [0.05, 0.1) is 24.7 Å². The SMILES string of the molecule is CCOc1cc(C=C2SC(=S)NC2=O)ccc1OCCCOc1ccccc1C(C)CC. The molecule has 170 valence electrons. The number of thioether (sulfide) groups is 1. The second kappa shape index (κ2) is 11.9. The highest BCUT2D eigenvalue weighted by molar-refractivity contribution is 8.26. The molecule has 1 amide bonds. The number of hydrogen-bond acceptors (Lipinski definition) is 6. The van der Waals surface area contributed by atoms with Gasteiger partial charge >= 0.3 is 0 Å². The van der Waals surface area contributed by atoms with Crippen LogP contribution in [0.25, 0.3) is 6.08 Å². The molecular weight excluding hydrogens is 442 g/mol. The van der Waals surface area contributed by atoms with Crippen LogP contribution >= 0.6 is 24.0 Å². The summed E-state index contributed by atoms with van der Waals surface area (Å²) in [6.07, 6.45) is 3.63. The fraction of sp³-hybridized carbons (Fsp3) is 0.360. The van der Waals surface area contributed by atoms with Crippen LogP contribution in [0.15, 0.2) is 47.4 Å². The standard InChI is InChI=1S/C25H29NO4S2/c1-4-17(3)19-9-6-7-10-20(19)29-13-8-14-30-21-12-11-18(15-22(21)28-5-2)16-23-24(27)26-25(31)32-23/h6-7,9-12,15-17H,4-5,8,13-14H2,1-3H3,(H,26,27,31). The predicted octanol–water partition coefficient (Wildman–Crippen LogP) is 5.94. The van der Waals surface area contributed by atoms with E-state index in [9.17, 15) is 4.79 Å². The third-order valence-corrected chi connectivity index (χ3v) is 6.24. The Balaban J connectivity index is 1.57. The number of thiocarbonyl (C=S) groups is 1. The average Bonchev–Trinajstić information content (AvgIpc) is 3.11. The van der Waals surface area contributed by atoms with E-state index in [0.717, 1.165) is 24.2 Å². The maximum Gasteiger partial charge on any atom is 0.263 e. The Bertz CT molecular complexity index is 990. The van der Waals surface area contributed by atoms with Gasteiger partial charge in [-0.3, -0.25) is 4.79 Å². The van der Waals surface area contributed by atoms with Gasteiger partial charge < -0.3 is 19.5 Å². The first-order valence-corrected chi connectivity index (χ1v) is 12.1. The number of carbonyl (C=O) groups is 1. The van der Waals surface area contributed by atoms with E-state index in [-0.39, 0.29) is 5.91 Å². The molecule has 0 aliphatic carbocycles. The van der Waals surface area contributed by atoms with Crippen molar-refractivity contribution in [2.45, 2.75) is 39.5 Å². The zero-order valence-corrected chi connectivity index (χ0v) is 20.3. The van der Waals surface area contributed by atoms with Gasteiger partial charge in [-0.25, -0.2) is 0 Å². The van der Waals surface area contributed by atoms with Crippen LogP contribution in [0.3, 0.4) is 0 Å². The van der Waals surface area contributed by atoms with Gasteiger partial charge in [-0.15, -0.1) is 0 Å². The van der Waals surface area contributed by atoms with Crippen LogP contribution in [0.2, 0.25) is 0 Å². The summed E-state index contributed by atoms with van der Waals surface area (Å²) in [6, 6.07) is 13.9. The molecule has 1 aliphatic rings. The lowest BCUT2D eigenvalue weighted by molar-refractivity contribution is -0.115. The van der Waals surface area contributed by atoms with E-state index in [4.69, 9.17) is 26.4 Å². The first kappa shape index (κ1) is 24.1. The number of amides is 1. The summed E-state index contributed by atoms with van der Waals surface area (Å²) in [5, 5.41) is 2.62. The molecule has 1 N–H and O–H groups in total. The molecule has 0 aromatic heterocycles. The van der Waals surface area contributed by atoms with Crippen LogP contribution in [0.4, 0.5) is 0 Å². The van der Waals surface area contributed by atoms with Crippen LogP contribution in [-0.2, 0) is 4.79 Å². The largest absolute Gasteiger partial charge is 0.493 e. The number of para-hydroxylation sites is 1. The molecule has 1 saturated heterocycles. The number of rotatable bonds is 11. The van der Waals surface area contributed by atoms with Crippen molar-refractivity contribution in [3.05, 3.63) is 58.5 Å². The van der Waals surface area contributed by atoms with E-state index in [1.807, 2.05) is 37.3 Å². The summed E-state index contributed by atoms with van der Waals surface area (Å²) in [5.74, 6) is 2.56. The molecule has 1 fully saturated rings. The Morgan fingerprint density at radius 1 is 1.03 bits per heavy atom. The lowest BCUT2D eigenvalue weighted by Gasteiger charge is -2.16. The third kappa shape index (κ3) is 6.50. The summed E-state index contributed by atoms with van der Waals surface area (Å²) in [5.41, 5.74) is 2.10. The van der Waals surface area contributed by atoms with Crippen molar-refractivity contribution in [3.8, 4) is 17.2 Å². The minimum absolute atomic E-state index is 0.173. The van der Waals surface area contributed by atoms with Crippen molar-refractivity contribution in [2.75, 3.05) is 19.8 Å². The maximum absolute atomic E-state index is 11.9. The molecule has 0 spiro atoms. The molecule has 0 radical (unpaired) electrons. The number of hydrogen-bond donors (Lipinski definition) is 1. The lowest BCUT2D eigenvalue weighted by atomic mass is 9.98. The molecular formula is C25H29NO4S2. The summed E-state index contributed by atoms with van der Waals surface area (Å²) in [6.45, 7) is 7.93.